The Morgan fingerprint density at radius 3 is 2.53 bits per heavy atom. The summed E-state index contributed by atoms with van der Waals surface area (Å²) in [6, 6.07) is 4.78. The minimum absolute atomic E-state index is 0.0765. The molecule has 2 aromatic rings. The van der Waals surface area contributed by atoms with E-state index >= 15 is 0 Å². The first kappa shape index (κ1) is 24.4. The normalized spacial score (nSPS) is 11.5. The summed E-state index contributed by atoms with van der Waals surface area (Å²) >= 11 is 0. The fraction of sp³-hybridized carbons (Fsp3) is 0.316. The molecule has 0 aliphatic rings. The molecule has 1 aromatic carbocycles. The molecule has 0 N–H and O–H groups in total. The smallest absolute Gasteiger partial charge is 0.466 e. The maximum absolute atomic E-state index is 12.6. The van der Waals surface area contributed by atoms with Gasteiger partial charge in [0, 0.05) is 20.5 Å². The molecule has 0 aliphatic heterocycles. The third-order valence-corrected chi connectivity index (χ3v) is 4.11. The summed E-state index contributed by atoms with van der Waals surface area (Å²) in [6.07, 6.45) is -2.54. The molecule has 0 fully saturated rings. The zero-order valence-corrected chi connectivity index (χ0v) is 16.9. The van der Waals surface area contributed by atoms with E-state index < -0.39 is 39.9 Å². The Labute approximate surface area is 178 Å². The number of hydrogen-bond donors (Lipinski definition) is 0. The van der Waals surface area contributed by atoms with Gasteiger partial charge in [-0.1, -0.05) is 18.2 Å². The number of carbonyl (C=O) groups is 1. The van der Waals surface area contributed by atoms with Crippen LogP contribution < -0.4 is 16.0 Å². The third kappa shape index (κ3) is 6.30. The number of nitro groups is 1. The molecule has 0 radical (unpaired) electrons. The first-order valence-electron chi connectivity index (χ1n) is 9.06. The van der Waals surface area contributed by atoms with Gasteiger partial charge in [0.2, 0.25) is 0 Å². The fourth-order valence-electron chi connectivity index (χ4n) is 2.76. The summed E-state index contributed by atoms with van der Waals surface area (Å²) in [7, 11) is 1.21. The first-order chi connectivity index (χ1) is 14.9. The van der Waals surface area contributed by atoms with Crippen molar-refractivity contribution in [3.05, 3.63) is 66.5 Å². The number of aromatic nitrogens is 2. The average Bonchev–Trinajstić information content (AvgIpc) is 2.67. The minimum Gasteiger partial charge on any atom is -0.466 e. The molecule has 13 heteroatoms. The molecule has 0 amide bonds. The van der Waals surface area contributed by atoms with E-state index in [1.54, 1.807) is 0 Å². The van der Waals surface area contributed by atoms with E-state index in [1.165, 1.54) is 32.2 Å². The fourth-order valence-corrected chi connectivity index (χ4v) is 2.76. The van der Waals surface area contributed by atoms with Gasteiger partial charge in [0.05, 0.1) is 11.5 Å². The molecule has 0 atom stereocenters. The summed E-state index contributed by atoms with van der Waals surface area (Å²) in [5.74, 6) is -1.06. The van der Waals surface area contributed by atoms with Gasteiger partial charge in [-0.05, 0) is 30.2 Å². The van der Waals surface area contributed by atoms with Crippen molar-refractivity contribution >= 4 is 23.8 Å². The van der Waals surface area contributed by atoms with Gasteiger partial charge in [0.25, 0.3) is 0 Å². The van der Waals surface area contributed by atoms with Gasteiger partial charge in [0.15, 0.2) is 0 Å². The van der Waals surface area contributed by atoms with E-state index in [2.05, 4.69) is 4.74 Å². The van der Waals surface area contributed by atoms with E-state index in [0.717, 1.165) is 22.8 Å². The van der Waals surface area contributed by atoms with Gasteiger partial charge in [-0.2, -0.15) is 0 Å². The SMILES string of the molecule is CC(=O)OCCCn1c(=O)c([N+](=O)[O-])c(/C=C/c2cccc(OC(F)(F)F)c2)n(C)c1=O. The highest BCUT2D eigenvalue weighted by Crippen LogP contribution is 2.24. The van der Waals surface area contributed by atoms with Crippen LogP contribution in [0.25, 0.3) is 12.2 Å². The molecular weight excluding hydrogens is 439 g/mol. The quantitative estimate of drug-likeness (QED) is 0.258. The monoisotopic (exact) mass is 457 g/mol. The van der Waals surface area contributed by atoms with Crippen molar-refractivity contribution in [1.29, 1.82) is 0 Å². The number of halogens is 3. The van der Waals surface area contributed by atoms with Gasteiger partial charge < -0.3 is 9.47 Å². The molecule has 172 valence electrons. The summed E-state index contributed by atoms with van der Waals surface area (Å²) in [4.78, 5) is 46.5. The molecular formula is C19H18F3N3O7. The number of benzene rings is 1. The number of alkyl halides is 3. The number of hydrogen-bond acceptors (Lipinski definition) is 7. The molecule has 0 unspecified atom stereocenters. The molecule has 2 rings (SSSR count). The third-order valence-electron chi connectivity index (χ3n) is 4.11. The van der Waals surface area contributed by atoms with Gasteiger partial charge in [-0.15, -0.1) is 13.2 Å². The van der Waals surface area contributed by atoms with Gasteiger partial charge in [-0.3, -0.25) is 28.8 Å². The van der Waals surface area contributed by atoms with Crippen molar-refractivity contribution in [2.24, 2.45) is 7.05 Å². The maximum Gasteiger partial charge on any atom is 0.573 e. The van der Waals surface area contributed by atoms with Crippen molar-refractivity contribution in [2.45, 2.75) is 26.3 Å². The predicted molar refractivity (Wildman–Crippen MR) is 106 cm³/mol. The lowest BCUT2D eigenvalue weighted by molar-refractivity contribution is -0.387. The second kappa shape index (κ2) is 9.94. The van der Waals surface area contributed by atoms with Crippen LogP contribution in [0.5, 0.6) is 5.75 Å². The van der Waals surface area contributed by atoms with Crippen LogP contribution in [0.3, 0.4) is 0 Å². The van der Waals surface area contributed by atoms with E-state index in [-0.39, 0.29) is 30.8 Å². The number of ether oxygens (including phenoxy) is 2. The molecule has 0 bridgehead atoms. The molecule has 1 heterocycles. The zero-order valence-electron chi connectivity index (χ0n) is 16.9. The standard InChI is InChI=1S/C19H18F3N3O7/c1-12(26)31-10-4-9-24-17(27)16(25(29)30)15(23(2)18(24)28)8-7-13-5-3-6-14(11-13)32-19(20,21)22/h3,5-8,11H,4,9-10H2,1-2H3/b8-7+. The highest BCUT2D eigenvalue weighted by Gasteiger charge is 2.31. The van der Waals surface area contributed by atoms with Crippen LogP contribution in [0.2, 0.25) is 0 Å². The summed E-state index contributed by atoms with van der Waals surface area (Å²) in [6.45, 7) is 0.874. The first-order valence-corrected chi connectivity index (χ1v) is 9.06. The summed E-state index contributed by atoms with van der Waals surface area (Å²) in [5.41, 5.74) is -3.06. The van der Waals surface area contributed by atoms with Crippen LogP contribution in [0.15, 0.2) is 33.9 Å². The lowest BCUT2D eigenvalue weighted by Crippen LogP contribution is -2.41. The van der Waals surface area contributed by atoms with Gasteiger partial charge >= 0.3 is 29.3 Å². The van der Waals surface area contributed by atoms with Crippen LogP contribution in [-0.4, -0.2) is 33.0 Å². The Bertz CT molecular complexity index is 1170. The number of carbonyl (C=O) groups excluding carboxylic acids is 1. The van der Waals surface area contributed by atoms with Crippen LogP contribution in [-0.2, 0) is 23.1 Å². The van der Waals surface area contributed by atoms with Crippen LogP contribution in [0.1, 0.15) is 24.6 Å². The molecule has 0 spiro atoms. The van der Waals surface area contributed by atoms with E-state index in [1.807, 2.05) is 0 Å². The minimum atomic E-state index is -4.90. The molecule has 0 saturated heterocycles. The lowest BCUT2D eigenvalue weighted by atomic mass is 10.2. The van der Waals surface area contributed by atoms with Crippen LogP contribution >= 0.6 is 0 Å². The molecule has 1 aromatic heterocycles. The topological polar surface area (TPSA) is 123 Å². The zero-order chi connectivity index (χ0) is 24.1. The van der Waals surface area contributed by atoms with Crippen molar-refractivity contribution < 1.29 is 32.4 Å². The lowest BCUT2D eigenvalue weighted by Gasteiger charge is -2.11. The largest absolute Gasteiger partial charge is 0.573 e. The molecule has 0 aliphatic carbocycles. The highest BCUT2D eigenvalue weighted by molar-refractivity contribution is 5.72. The Kier molecular flexibility index (Phi) is 7.57. The highest BCUT2D eigenvalue weighted by atomic mass is 19.4. The second-order valence-corrected chi connectivity index (χ2v) is 6.44. The number of esters is 1. The average molecular weight is 457 g/mol. The summed E-state index contributed by atoms with van der Waals surface area (Å²) < 4.78 is 47.2. The van der Waals surface area contributed by atoms with E-state index in [0.29, 0.717) is 4.57 Å². The Hall–Kier alpha value is -3.90. The van der Waals surface area contributed by atoms with Crippen LogP contribution in [0.4, 0.5) is 18.9 Å². The molecule has 32 heavy (non-hydrogen) atoms. The molecule has 0 saturated carbocycles. The Balaban J connectivity index is 2.43. The maximum atomic E-state index is 12.6. The summed E-state index contributed by atoms with van der Waals surface area (Å²) in [5, 5.41) is 11.5. The van der Waals surface area contributed by atoms with Crippen molar-refractivity contribution in [1.82, 2.24) is 9.13 Å². The predicted octanol–water partition coefficient (Wildman–Crippen LogP) is 2.48. The van der Waals surface area contributed by atoms with Crippen molar-refractivity contribution in [2.75, 3.05) is 6.61 Å². The van der Waals surface area contributed by atoms with Crippen molar-refractivity contribution in [3.63, 3.8) is 0 Å². The van der Waals surface area contributed by atoms with Crippen LogP contribution in [0, 0.1) is 10.1 Å². The van der Waals surface area contributed by atoms with Gasteiger partial charge in [-0.25, -0.2) is 4.79 Å². The number of rotatable bonds is 8. The van der Waals surface area contributed by atoms with E-state index in [9.17, 15) is 37.7 Å². The van der Waals surface area contributed by atoms with Gasteiger partial charge in [0.1, 0.15) is 11.4 Å². The molecule has 10 nitrogen and oxygen atoms in total. The Morgan fingerprint density at radius 1 is 1.25 bits per heavy atom. The number of nitrogens with zero attached hydrogens (tertiary/aromatic N) is 3. The van der Waals surface area contributed by atoms with E-state index in [4.69, 9.17) is 4.74 Å². The van der Waals surface area contributed by atoms with Crippen molar-refractivity contribution in [3.8, 4) is 5.75 Å². The second-order valence-electron chi connectivity index (χ2n) is 6.44. The Morgan fingerprint density at radius 2 is 1.94 bits per heavy atom.